The third-order valence-electron chi connectivity index (χ3n) is 2.66. The highest BCUT2D eigenvalue weighted by Crippen LogP contribution is 2.16. The number of benzene rings is 1. The number of aliphatic carboxylic acids is 1. The standard InChI is InChI=1S/C14H18BrNO4/c1-10(14(18)19)9-16-13(17)3-2-8-20-12-6-4-11(15)5-7-12/h4-7,10H,2-3,8-9H2,1H3,(H,16,17)(H,18,19). The summed E-state index contributed by atoms with van der Waals surface area (Å²) in [5, 5.41) is 11.3. The van der Waals surface area contributed by atoms with Crippen LogP contribution >= 0.6 is 15.9 Å². The van der Waals surface area contributed by atoms with E-state index in [9.17, 15) is 9.59 Å². The molecule has 0 aliphatic heterocycles. The zero-order chi connectivity index (χ0) is 15.0. The zero-order valence-electron chi connectivity index (χ0n) is 11.3. The van der Waals surface area contributed by atoms with Gasteiger partial charge in [-0.2, -0.15) is 0 Å². The molecule has 0 saturated heterocycles. The van der Waals surface area contributed by atoms with Crippen LogP contribution in [0.2, 0.25) is 0 Å². The molecule has 1 unspecified atom stereocenters. The fraction of sp³-hybridized carbons (Fsp3) is 0.429. The molecule has 0 aromatic heterocycles. The van der Waals surface area contributed by atoms with Crippen LogP contribution in [0.3, 0.4) is 0 Å². The first-order valence-corrected chi connectivity index (χ1v) is 7.16. The number of halogens is 1. The lowest BCUT2D eigenvalue weighted by Crippen LogP contribution is -2.31. The van der Waals surface area contributed by atoms with Gasteiger partial charge in [-0.3, -0.25) is 9.59 Å². The summed E-state index contributed by atoms with van der Waals surface area (Å²) in [6.07, 6.45) is 0.909. The van der Waals surface area contributed by atoms with E-state index in [1.807, 2.05) is 24.3 Å². The van der Waals surface area contributed by atoms with Crippen LogP contribution in [0.5, 0.6) is 5.75 Å². The number of carboxylic acid groups (broad SMARTS) is 1. The summed E-state index contributed by atoms with van der Waals surface area (Å²) in [6, 6.07) is 7.46. The van der Waals surface area contributed by atoms with Gasteiger partial charge >= 0.3 is 5.97 Å². The van der Waals surface area contributed by atoms with Gasteiger partial charge in [-0.15, -0.1) is 0 Å². The van der Waals surface area contributed by atoms with Crippen LogP contribution in [-0.2, 0) is 9.59 Å². The molecule has 5 nitrogen and oxygen atoms in total. The molecule has 0 aliphatic carbocycles. The molecule has 2 N–H and O–H groups in total. The predicted octanol–water partition coefficient (Wildman–Crippen LogP) is 2.45. The molecule has 0 fully saturated rings. The van der Waals surface area contributed by atoms with Gasteiger partial charge < -0.3 is 15.2 Å². The molecule has 1 aromatic rings. The normalized spacial score (nSPS) is 11.7. The van der Waals surface area contributed by atoms with Crippen molar-refractivity contribution in [2.45, 2.75) is 19.8 Å². The van der Waals surface area contributed by atoms with Crippen molar-refractivity contribution in [1.82, 2.24) is 5.32 Å². The number of ether oxygens (including phenoxy) is 1. The van der Waals surface area contributed by atoms with Gasteiger partial charge in [0.2, 0.25) is 5.91 Å². The number of nitrogens with one attached hydrogen (secondary N) is 1. The van der Waals surface area contributed by atoms with E-state index in [2.05, 4.69) is 21.2 Å². The molecule has 20 heavy (non-hydrogen) atoms. The van der Waals surface area contributed by atoms with Crippen molar-refractivity contribution < 1.29 is 19.4 Å². The maximum atomic E-state index is 11.5. The first kappa shape index (κ1) is 16.5. The predicted molar refractivity (Wildman–Crippen MR) is 78.7 cm³/mol. The minimum Gasteiger partial charge on any atom is -0.494 e. The van der Waals surface area contributed by atoms with Gasteiger partial charge in [0.15, 0.2) is 0 Å². The molecule has 0 heterocycles. The second kappa shape index (κ2) is 8.58. The summed E-state index contributed by atoms with van der Waals surface area (Å²) in [5.74, 6) is -0.882. The fourth-order valence-corrected chi connectivity index (χ4v) is 1.66. The Kier molecular flexibility index (Phi) is 7.08. The summed E-state index contributed by atoms with van der Waals surface area (Å²) in [6.45, 7) is 2.16. The van der Waals surface area contributed by atoms with Gasteiger partial charge in [0.1, 0.15) is 5.75 Å². The highest BCUT2D eigenvalue weighted by Gasteiger charge is 2.11. The van der Waals surface area contributed by atoms with E-state index in [4.69, 9.17) is 9.84 Å². The van der Waals surface area contributed by atoms with Crippen molar-refractivity contribution >= 4 is 27.8 Å². The summed E-state index contributed by atoms with van der Waals surface area (Å²) in [5.41, 5.74) is 0. The van der Waals surface area contributed by atoms with Crippen LogP contribution in [0.4, 0.5) is 0 Å². The lowest BCUT2D eigenvalue weighted by atomic mass is 10.2. The Balaban J connectivity index is 2.13. The molecule has 1 atom stereocenters. The molecule has 6 heteroatoms. The Hall–Kier alpha value is -1.56. The van der Waals surface area contributed by atoms with Crippen LogP contribution in [0.1, 0.15) is 19.8 Å². The summed E-state index contributed by atoms with van der Waals surface area (Å²) in [4.78, 5) is 22.0. The van der Waals surface area contributed by atoms with Crippen molar-refractivity contribution in [2.24, 2.45) is 5.92 Å². The smallest absolute Gasteiger partial charge is 0.308 e. The summed E-state index contributed by atoms with van der Waals surface area (Å²) >= 11 is 3.34. The number of hydrogen-bond donors (Lipinski definition) is 2. The Bertz CT molecular complexity index is 447. The van der Waals surface area contributed by atoms with Crippen LogP contribution in [-0.4, -0.2) is 30.1 Å². The largest absolute Gasteiger partial charge is 0.494 e. The Morgan fingerprint density at radius 1 is 1.35 bits per heavy atom. The van der Waals surface area contributed by atoms with E-state index in [-0.39, 0.29) is 12.5 Å². The molecule has 0 saturated carbocycles. The van der Waals surface area contributed by atoms with Crippen molar-refractivity contribution in [3.05, 3.63) is 28.7 Å². The van der Waals surface area contributed by atoms with Crippen molar-refractivity contribution in [2.75, 3.05) is 13.2 Å². The summed E-state index contributed by atoms with van der Waals surface area (Å²) < 4.78 is 6.46. The van der Waals surface area contributed by atoms with Crippen LogP contribution in [0.25, 0.3) is 0 Å². The molecule has 110 valence electrons. The monoisotopic (exact) mass is 343 g/mol. The molecule has 0 aliphatic rings. The van der Waals surface area contributed by atoms with Crippen LogP contribution < -0.4 is 10.1 Å². The first-order chi connectivity index (χ1) is 9.49. The van der Waals surface area contributed by atoms with E-state index in [0.29, 0.717) is 19.4 Å². The highest BCUT2D eigenvalue weighted by molar-refractivity contribution is 9.10. The van der Waals surface area contributed by atoms with Crippen LogP contribution in [0.15, 0.2) is 28.7 Å². The highest BCUT2D eigenvalue weighted by atomic mass is 79.9. The second-order valence-electron chi connectivity index (χ2n) is 4.45. The Morgan fingerprint density at radius 3 is 2.60 bits per heavy atom. The number of carboxylic acids is 1. The topological polar surface area (TPSA) is 75.6 Å². The molecule has 0 spiro atoms. The first-order valence-electron chi connectivity index (χ1n) is 6.37. The van der Waals surface area contributed by atoms with Gasteiger partial charge in [-0.05, 0) is 30.7 Å². The van der Waals surface area contributed by atoms with Gasteiger partial charge in [0, 0.05) is 17.4 Å². The molecular formula is C14H18BrNO4. The molecule has 1 aromatic carbocycles. The molecular weight excluding hydrogens is 326 g/mol. The van der Waals surface area contributed by atoms with E-state index >= 15 is 0 Å². The maximum Gasteiger partial charge on any atom is 0.308 e. The third kappa shape index (κ3) is 6.56. The van der Waals surface area contributed by atoms with Crippen molar-refractivity contribution in [3.8, 4) is 5.75 Å². The molecule has 1 amide bonds. The van der Waals surface area contributed by atoms with E-state index in [0.717, 1.165) is 10.2 Å². The Morgan fingerprint density at radius 2 is 2.00 bits per heavy atom. The number of carbonyl (C=O) groups is 2. The molecule has 0 radical (unpaired) electrons. The van der Waals surface area contributed by atoms with E-state index < -0.39 is 11.9 Å². The minimum absolute atomic E-state index is 0.154. The summed E-state index contributed by atoms with van der Waals surface area (Å²) in [7, 11) is 0. The average molecular weight is 344 g/mol. The quantitative estimate of drug-likeness (QED) is 0.711. The number of carbonyl (C=O) groups excluding carboxylic acids is 1. The number of amides is 1. The maximum absolute atomic E-state index is 11.5. The van der Waals surface area contributed by atoms with E-state index in [1.54, 1.807) is 6.92 Å². The lowest BCUT2D eigenvalue weighted by molar-refractivity contribution is -0.141. The fourth-order valence-electron chi connectivity index (χ4n) is 1.40. The van der Waals surface area contributed by atoms with Gasteiger partial charge in [0.25, 0.3) is 0 Å². The van der Waals surface area contributed by atoms with E-state index in [1.165, 1.54) is 0 Å². The van der Waals surface area contributed by atoms with Crippen molar-refractivity contribution in [1.29, 1.82) is 0 Å². The van der Waals surface area contributed by atoms with Gasteiger partial charge in [-0.1, -0.05) is 22.9 Å². The molecule has 1 rings (SSSR count). The van der Waals surface area contributed by atoms with Crippen LogP contribution in [0, 0.1) is 5.92 Å². The SMILES string of the molecule is CC(CNC(=O)CCCOc1ccc(Br)cc1)C(=O)O. The third-order valence-corrected chi connectivity index (χ3v) is 3.19. The average Bonchev–Trinajstić information content (AvgIpc) is 2.42. The molecule has 0 bridgehead atoms. The minimum atomic E-state index is -0.913. The van der Waals surface area contributed by atoms with Gasteiger partial charge in [0.05, 0.1) is 12.5 Å². The van der Waals surface area contributed by atoms with Gasteiger partial charge in [-0.25, -0.2) is 0 Å². The Labute approximate surface area is 126 Å². The zero-order valence-corrected chi connectivity index (χ0v) is 12.9. The number of hydrogen-bond acceptors (Lipinski definition) is 3. The number of rotatable bonds is 8. The van der Waals surface area contributed by atoms with Crippen molar-refractivity contribution in [3.63, 3.8) is 0 Å². The lowest BCUT2D eigenvalue weighted by Gasteiger charge is -2.09. The second-order valence-corrected chi connectivity index (χ2v) is 5.36.